The molecule has 6 atom stereocenters. The van der Waals surface area contributed by atoms with E-state index in [1.165, 1.54) is 5.56 Å². The highest BCUT2D eigenvalue weighted by atomic mass is 32.2. The van der Waals surface area contributed by atoms with Gasteiger partial charge >= 0.3 is 0 Å². The van der Waals surface area contributed by atoms with Crippen LogP contribution in [0.15, 0.2) is 35.4 Å². The second kappa shape index (κ2) is 8.20. The van der Waals surface area contributed by atoms with Gasteiger partial charge in [-0.25, -0.2) is 0 Å². The first-order valence-electron chi connectivity index (χ1n) is 7.90. The standard InChI is InChI=1S/C16H22N3O4S/c1-10-21-8-12-14(22-10)13(18-19-17)15(16(20-2)23-12)24-9-11-6-4-3-5-7-11/h3-7,10,12-17H,8-9H2,1-2H3/q+1. The Morgan fingerprint density at radius 3 is 2.83 bits per heavy atom. The molecule has 0 aliphatic carbocycles. The molecule has 2 saturated heterocycles. The van der Waals surface area contributed by atoms with Crippen LogP contribution in [0.25, 0.3) is 0 Å². The van der Waals surface area contributed by atoms with Gasteiger partial charge in [-0.1, -0.05) is 30.3 Å². The van der Waals surface area contributed by atoms with Crippen LogP contribution in [0.3, 0.4) is 0 Å². The van der Waals surface area contributed by atoms with Crippen molar-refractivity contribution in [2.75, 3.05) is 13.7 Å². The molecule has 24 heavy (non-hydrogen) atoms. The number of benzene rings is 1. The van der Waals surface area contributed by atoms with E-state index in [0.29, 0.717) is 6.61 Å². The van der Waals surface area contributed by atoms with Gasteiger partial charge in [0.05, 0.1) is 11.9 Å². The lowest BCUT2D eigenvalue weighted by Gasteiger charge is -2.45. The predicted octanol–water partition coefficient (Wildman–Crippen LogP) is 2.34. The lowest BCUT2D eigenvalue weighted by atomic mass is 9.98. The van der Waals surface area contributed by atoms with Crippen LogP contribution in [0.5, 0.6) is 0 Å². The van der Waals surface area contributed by atoms with Crippen LogP contribution in [0.1, 0.15) is 12.5 Å². The number of ether oxygens (including phenoxy) is 4. The van der Waals surface area contributed by atoms with E-state index in [4.69, 9.17) is 24.5 Å². The lowest BCUT2D eigenvalue weighted by molar-refractivity contribution is -0.307. The smallest absolute Gasteiger partial charge is 0.214 e. The van der Waals surface area contributed by atoms with Crippen LogP contribution in [0, 0.1) is 5.53 Å². The van der Waals surface area contributed by atoms with Gasteiger partial charge in [-0.15, -0.1) is 11.8 Å². The molecular weight excluding hydrogens is 330 g/mol. The zero-order valence-electron chi connectivity index (χ0n) is 13.7. The van der Waals surface area contributed by atoms with E-state index in [-0.39, 0.29) is 29.8 Å². The van der Waals surface area contributed by atoms with Gasteiger partial charge in [-0.05, 0) is 12.5 Å². The molecule has 7 nitrogen and oxygen atoms in total. The number of hydrogen-bond acceptors (Lipinski definition) is 7. The molecule has 1 aromatic carbocycles. The van der Waals surface area contributed by atoms with Crippen molar-refractivity contribution in [2.24, 2.45) is 5.11 Å². The SMILES string of the molecule is COC1OC2COC(C)OC2C(N=[N+]=N)C1SCc1ccccc1. The highest BCUT2D eigenvalue weighted by Gasteiger charge is 2.52. The van der Waals surface area contributed by atoms with E-state index in [1.54, 1.807) is 18.9 Å². The van der Waals surface area contributed by atoms with Gasteiger partial charge in [0.1, 0.15) is 22.9 Å². The van der Waals surface area contributed by atoms with Gasteiger partial charge < -0.3 is 18.9 Å². The largest absolute Gasteiger partial charge is 0.355 e. The van der Waals surface area contributed by atoms with Gasteiger partial charge in [-0.2, -0.15) is 0 Å². The first kappa shape index (κ1) is 17.5. The molecular formula is C16H22N3O4S+. The summed E-state index contributed by atoms with van der Waals surface area (Å²) >= 11 is 1.68. The Bertz CT molecular complexity index is 584. The van der Waals surface area contributed by atoms with Crippen molar-refractivity contribution < 1.29 is 18.9 Å². The number of nitrogens with one attached hydrogen (secondary N) is 1. The molecule has 2 fully saturated rings. The van der Waals surface area contributed by atoms with Crippen LogP contribution in [0.4, 0.5) is 0 Å². The third kappa shape index (κ3) is 3.85. The Morgan fingerprint density at radius 2 is 2.12 bits per heavy atom. The van der Waals surface area contributed by atoms with Crippen LogP contribution < -0.4 is 4.91 Å². The van der Waals surface area contributed by atoms with E-state index >= 15 is 0 Å². The first-order valence-corrected chi connectivity index (χ1v) is 8.95. The summed E-state index contributed by atoms with van der Waals surface area (Å²) in [6, 6.07) is 9.87. The molecule has 0 spiro atoms. The number of rotatable bonds is 5. The van der Waals surface area contributed by atoms with Gasteiger partial charge in [0, 0.05) is 12.9 Å². The molecule has 2 aliphatic heterocycles. The van der Waals surface area contributed by atoms with Crippen LogP contribution in [-0.2, 0) is 24.7 Å². The summed E-state index contributed by atoms with van der Waals surface area (Å²) in [6.07, 6.45) is -1.33. The molecule has 0 amide bonds. The Hall–Kier alpha value is -1.28. The molecule has 0 bridgehead atoms. The fraction of sp³-hybridized carbons (Fsp3) is 0.625. The Balaban J connectivity index is 1.78. The van der Waals surface area contributed by atoms with E-state index in [9.17, 15) is 0 Å². The molecule has 8 heteroatoms. The Labute approximate surface area is 145 Å². The number of thioether (sulfide) groups is 1. The normalized spacial score (nSPS) is 35.8. The third-order valence-corrected chi connectivity index (χ3v) is 5.56. The van der Waals surface area contributed by atoms with E-state index in [0.717, 1.165) is 5.75 Å². The van der Waals surface area contributed by atoms with E-state index in [2.05, 4.69) is 22.2 Å². The number of nitrogens with zero attached hydrogens (tertiary/aromatic N) is 2. The van der Waals surface area contributed by atoms with Gasteiger partial charge in [0.2, 0.25) is 4.91 Å². The molecule has 2 heterocycles. The monoisotopic (exact) mass is 352 g/mol. The zero-order valence-corrected chi connectivity index (χ0v) is 14.5. The predicted molar refractivity (Wildman–Crippen MR) is 88.6 cm³/mol. The topological polar surface area (TPSA) is 87.2 Å². The summed E-state index contributed by atoms with van der Waals surface area (Å²) < 4.78 is 22.9. The summed E-state index contributed by atoms with van der Waals surface area (Å²) in [5.74, 6) is 0.794. The summed E-state index contributed by atoms with van der Waals surface area (Å²) in [7, 11) is 1.61. The molecule has 0 radical (unpaired) electrons. The average molecular weight is 352 g/mol. The lowest BCUT2D eigenvalue weighted by Crippen LogP contribution is -2.61. The minimum absolute atomic E-state index is 0.115. The van der Waals surface area contributed by atoms with Crippen molar-refractivity contribution in [2.45, 2.75) is 48.8 Å². The maximum Gasteiger partial charge on any atom is 0.214 e. The van der Waals surface area contributed by atoms with Gasteiger partial charge in [0.25, 0.3) is 0 Å². The average Bonchev–Trinajstić information content (AvgIpc) is 2.61. The number of methoxy groups -OCH3 is 1. The fourth-order valence-electron chi connectivity index (χ4n) is 3.02. The minimum atomic E-state index is -0.448. The van der Waals surface area contributed by atoms with Crippen molar-refractivity contribution in [3.8, 4) is 0 Å². The summed E-state index contributed by atoms with van der Waals surface area (Å²) in [5, 5.41) is 4.01. The van der Waals surface area contributed by atoms with Gasteiger partial charge in [0.15, 0.2) is 18.6 Å². The van der Waals surface area contributed by atoms with Crippen molar-refractivity contribution in [1.29, 1.82) is 5.53 Å². The summed E-state index contributed by atoms with van der Waals surface area (Å²) in [6.45, 7) is 2.27. The van der Waals surface area contributed by atoms with Crippen LogP contribution in [-0.4, -0.2) is 49.8 Å². The molecule has 3 rings (SSSR count). The molecule has 130 valence electrons. The molecule has 6 unspecified atom stereocenters. The second-order valence-corrected chi connectivity index (χ2v) is 6.91. The number of hydrogen-bond donors (Lipinski definition) is 1. The number of fused-ring (bicyclic) bond motifs is 1. The fourth-order valence-corrected chi connectivity index (χ4v) is 4.34. The van der Waals surface area contributed by atoms with Crippen molar-refractivity contribution in [1.82, 2.24) is 4.91 Å². The molecule has 0 saturated carbocycles. The van der Waals surface area contributed by atoms with Crippen molar-refractivity contribution in [3.63, 3.8) is 0 Å². The van der Waals surface area contributed by atoms with E-state index < -0.39 is 6.29 Å². The van der Waals surface area contributed by atoms with Crippen LogP contribution >= 0.6 is 11.8 Å². The summed E-state index contributed by atoms with van der Waals surface area (Å²) in [4.78, 5) is 3.28. The second-order valence-electron chi connectivity index (χ2n) is 5.75. The Morgan fingerprint density at radius 1 is 1.33 bits per heavy atom. The first-order chi connectivity index (χ1) is 11.7. The van der Waals surface area contributed by atoms with Gasteiger partial charge in [-0.3, -0.25) is 0 Å². The highest BCUT2D eigenvalue weighted by Crippen LogP contribution is 2.37. The highest BCUT2D eigenvalue weighted by molar-refractivity contribution is 7.99. The van der Waals surface area contributed by atoms with E-state index in [1.807, 2.05) is 25.1 Å². The quantitative estimate of drug-likeness (QED) is 0.649. The van der Waals surface area contributed by atoms with Crippen molar-refractivity contribution >= 4 is 11.8 Å². The van der Waals surface area contributed by atoms with Crippen molar-refractivity contribution in [3.05, 3.63) is 35.9 Å². The molecule has 2 aliphatic rings. The molecule has 1 N–H and O–H groups in total. The minimum Gasteiger partial charge on any atom is -0.355 e. The Kier molecular flexibility index (Phi) is 5.99. The molecule has 1 aromatic rings. The van der Waals surface area contributed by atoms with Crippen LogP contribution in [0.2, 0.25) is 0 Å². The maximum absolute atomic E-state index is 7.19. The zero-order chi connectivity index (χ0) is 16.9. The maximum atomic E-state index is 7.19. The third-order valence-electron chi connectivity index (χ3n) is 4.17. The molecule has 0 aromatic heterocycles. The summed E-state index contributed by atoms with van der Waals surface area (Å²) in [5.41, 5.74) is 8.40.